The number of fused-ring (bicyclic) bond motifs is 1. The van der Waals surface area contributed by atoms with Crippen LogP contribution in [-0.4, -0.2) is 44.3 Å². The number of carbonyl (C=O) groups is 2. The summed E-state index contributed by atoms with van der Waals surface area (Å²) in [6.07, 6.45) is 6.50. The van der Waals surface area contributed by atoms with Gasteiger partial charge in [-0.25, -0.2) is 0 Å². The molecule has 0 radical (unpaired) electrons. The summed E-state index contributed by atoms with van der Waals surface area (Å²) in [5, 5.41) is 8.61. The fraction of sp³-hybridized carbons (Fsp3) is 0.417. The molecule has 30 heavy (non-hydrogen) atoms. The number of hydrogen-bond donors (Lipinski definition) is 0. The third-order valence-corrected chi connectivity index (χ3v) is 5.86. The van der Waals surface area contributed by atoms with Crippen molar-refractivity contribution in [2.75, 3.05) is 13.1 Å². The third kappa shape index (κ3) is 4.42. The molecule has 1 aliphatic heterocycles. The van der Waals surface area contributed by atoms with Crippen LogP contribution in [-0.2, 0) is 11.2 Å². The average Bonchev–Trinajstić information content (AvgIpc) is 3.22. The van der Waals surface area contributed by atoms with E-state index in [1.165, 1.54) is 5.56 Å². The van der Waals surface area contributed by atoms with E-state index in [9.17, 15) is 9.59 Å². The van der Waals surface area contributed by atoms with Gasteiger partial charge >= 0.3 is 0 Å². The summed E-state index contributed by atoms with van der Waals surface area (Å²) in [6, 6.07) is 13.6. The molecule has 1 aliphatic rings. The summed E-state index contributed by atoms with van der Waals surface area (Å²) in [7, 11) is 0. The molecule has 0 N–H and O–H groups in total. The predicted molar refractivity (Wildman–Crippen MR) is 116 cm³/mol. The highest BCUT2D eigenvalue weighted by molar-refractivity contribution is 5.98. The number of hydrogen-bond acceptors (Lipinski definition) is 4. The van der Waals surface area contributed by atoms with Crippen LogP contribution in [0.4, 0.5) is 0 Å². The van der Waals surface area contributed by atoms with Gasteiger partial charge in [0.05, 0.1) is 0 Å². The number of carbonyl (C=O) groups excluding carboxylic acids is 2. The number of piperidine rings is 1. The predicted octanol–water partition coefficient (Wildman–Crippen LogP) is 4.05. The lowest BCUT2D eigenvalue weighted by Crippen LogP contribution is -2.39. The number of likely N-dealkylation sites (tertiary alicyclic amines) is 1. The van der Waals surface area contributed by atoms with E-state index < -0.39 is 0 Å². The number of benzene rings is 1. The number of amides is 1. The first-order chi connectivity index (χ1) is 14.7. The molecule has 1 amide bonds. The molecular formula is C24H28N4O2. The molecule has 156 valence electrons. The van der Waals surface area contributed by atoms with Crippen molar-refractivity contribution in [2.45, 2.75) is 51.4 Å². The van der Waals surface area contributed by atoms with Crippen molar-refractivity contribution in [3.8, 4) is 0 Å². The van der Waals surface area contributed by atoms with Gasteiger partial charge in [0.15, 0.2) is 11.4 Å². The molecule has 4 rings (SSSR count). The molecule has 1 atom stereocenters. The second-order valence-corrected chi connectivity index (χ2v) is 8.04. The highest BCUT2D eigenvalue weighted by atomic mass is 16.2. The van der Waals surface area contributed by atoms with Gasteiger partial charge in [-0.1, -0.05) is 43.7 Å². The number of rotatable bonds is 7. The van der Waals surface area contributed by atoms with Crippen LogP contribution in [0.25, 0.3) is 5.65 Å². The smallest absolute Gasteiger partial charge is 0.223 e. The summed E-state index contributed by atoms with van der Waals surface area (Å²) in [4.78, 5) is 27.2. The highest BCUT2D eigenvalue weighted by Gasteiger charge is 2.28. The first-order valence-corrected chi connectivity index (χ1v) is 10.8. The standard InChI is InChI=1S/C24H28N4O2/c1-2-6-18-9-11-19(12-10-18)21(29)13-14-23(30)27-15-5-7-20(17-27)24-26-25-22-8-3-4-16-28(22)24/h3-4,8-12,16,20H,2,5-7,13-15,17H2,1H3/t20-/m0/s1. The molecule has 0 saturated carbocycles. The van der Waals surface area contributed by atoms with E-state index in [1.54, 1.807) is 0 Å². The van der Waals surface area contributed by atoms with Crippen molar-refractivity contribution in [1.29, 1.82) is 0 Å². The largest absolute Gasteiger partial charge is 0.342 e. The number of nitrogens with zero attached hydrogens (tertiary/aromatic N) is 4. The molecule has 2 aromatic heterocycles. The zero-order valence-corrected chi connectivity index (χ0v) is 17.5. The van der Waals surface area contributed by atoms with Crippen molar-refractivity contribution >= 4 is 17.3 Å². The van der Waals surface area contributed by atoms with Crippen molar-refractivity contribution in [2.24, 2.45) is 0 Å². The lowest BCUT2D eigenvalue weighted by molar-refractivity contribution is -0.132. The van der Waals surface area contributed by atoms with Gasteiger partial charge in [0, 0.05) is 43.6 Å². The van der Waals surface area contributed by atoms with Gasteiger partial charge in [-0.05, 0) is 37.0 Å². The van der Waals surface area contributed by atoms with Crippen molar-refractivity contribution in [1.82, 2.24) is 19.5 Å². The molecule has 6 nitrogen and oxygen atoms in total. The van der Waals surface area contributed by atoms with Crippen molar-refractivity contribution in [3.05, 3.63) is 65.6 Å². The van der Waals surface area contributed by atoms with Gasteiger partial charge in [0.1, 0.15) is 5.82 Å². The van der Waals surface area contributed by atoms with Crippen molar-refractivity contribution < 1.29 is 9.59 Å². The second kappa shape index (κ2) is 9.20. The normalized spacial score (nSPS) is 16.7. The summed E-state index contributed by atoms with van der Waals surface area (Å²) < 4.78 is 2.00. The Labute approximate surface area is 176 Å². The number of aryl methyl sites for hydroxylation is 1. The molecule has 0 aliphatic carbocycles. The monoisotopic (exact) mass is 404 g/mol. The van der Waals surface area contributed by atoms with Crippen LogP contribution in [0.5, 0.6) is 0 Å². The Morgan fingerprint density at radius 3 is 2.70 bits per heavy atom. The van der Waals surface area contributed by atoms with Gasteiger partial charge in [-0.2, -0.15) is 0 Å². The summed E-state index contributed by atoms with van der Waals surface area (Å²) in [5.41, 5.74) is 2.76. The molecule has 3 heterocycles. The quantitative estimate of drug-likeness (QED) is 0.557. The molecule has 1 saturated heterocycles. The maximum Gasteiger partial charge on any atom is 0.223 e. The van der Waals surface area contributed by atoms with E-state index >= 15 is 0 Å². The van der Waals surface area contributed by atoms with E-state index in [4.69, 9.17) is 0 Å². The highest BCUT2D eigenvalue weighted by Crippen LogP contribution is 2.26. The number of Topliss-reactive ketones (excluding diaryl/α,β-unsaturated/α-hetero) is 1. The lowest BCUT2D eigenvalue weighted by Gasteiger charge is -2.32. The number of ketones is 1. The Hall–Kier alpha value is -3.02. The summed E-state index contributed by atoms with van der Waals surface area (Å²) in [5.74, 6) is 1.15. The van der Waals surface area contributed by atoms with Gasteiger partial charge in [0.2, 0.25) is 5.91 Å². The molecular weight excluding hydrogens is 376 g/mol. The Kier molecular flexibility index (Phi) is 6.21. The minimum Gasteiger partial charge on any atom is -0.342 e. The fourth-order valence-corrected chi connectivity index (χ4v) is 4.22. The van der Waals surface area contributed by atoms with Crippen LogP contribution in [0, 0.1) is 0 Å². The lowest BCUT2D eigenvalue weighted by atomic mass is 9.96. The third-order valence-electron chi connectivity index (χ3n) is 5.86. The molecule has 0 unspecified atom stereocenters. The van der Waals surface area contributed by atoms with E-state index in [0.717, 1.165) is 43.7 Å². The fourth-order valence-electron chi connectivity index (χ4n) is 4.22. The van der Waals surface area contributed by atoms with Crippen LogP contribution >= 0.6 is 0 Å². The molecule has 1 fully saturated rings. The SMILES string of the molecule is CCCc1ccc(C(=O)CCC(=O)N2CCC[C@H](c3nnc4ccccn34)C2)cc1. The molecule has 6 heteroatoms. The Morgan fingerprint density at radius 1 is 1.07 bits per heavy atom. The summed E-state index contributed by atoms with van der Waals surface area (Å²) >= 11 is 0. The Bertz CT molecular complexity index is 1030. The Balaban J connectivity index is 1.34. The molecule has 0 spiro atoms. The molecule has 1 aromatic carbocycles. The maximum atomic E-state index is 12.8. The van der Waals surface area contributed by atoms with Crippen LogP contribution in [0.3, 0.4) is 0 Å². The van der Waals surface area contributed by atoms with E-state index in [2.05, 4.69) is 17.1 Å². The van der Waals surface area contributed by atoms with Crippen LogP contribution in [0.15, 0.2) is 48.7 Å². The Morgan fingerprint density at radius 2 is 1.90 bits per heavy atom. The van der Waals surface area contributed by atoms with Crippen molar-refractivity contribution in [3.63, 3.8) is 0 Å². The van der Waals surface area contributed by atoms with E-state index in [1.807, 2.05) is 58.0 Å². The zero-order valence-electron chi connectivity index (χ0n) is 17.5. The van der Waals surface area contributed by atoms with Crippen LogP contribution in [0.1, 0.15) is 66.7 Å². The number of aromatic nitrogens is 3. The number of pyridine rings is 1. The van der Waals surface area contributed by atoms with Gasteiger partial charge in [-0.15, -0.1) is 10.2 Å². The van der Waals surface area contributed by atoms with Gasteiger partial charge in [-0.3, -0.25) is 14.0 Å². The topological polar surface area (TPSA) is 67.6 Å². The van der Waals surface area contributed by atoms with E-state index in [-0.39, 0.29) is 30.4 Å². The average molecular weight is 405 g/mol. The van der Waals surface area contributed by atoms with Gasteiger partial charge in [0.25, 0.3) is 0 Å². The molecule has 0 bridgehead atoms. The second-order valence-electron chi connectivity index (χ2n) is 8.04. The minimum absolute atomic E-state index is 0.0309. The zero-order chi connectivity index (χ0) is 20.9. The maximum absolute atomic E-state index is 12.8. The minimum atomic E-state index is 0.0309. The first-order valence-electron chi connectivity index (χ1n) is 10.8. The van der Waals surface area contributed by atoms with Gasteiger partial charge < -0.3 is 4.90 Å². The molecule has 3 aromatic rings. The van der Waals surface area contributed by atoms with Crippen LogP contribution < -0.4 is 0 Å². The van der Waals surface area contributed by atoms with E-state index in [0.29, 0.717) is 12.1 Å². The summed E-state index contributed by atoms with van der Waals surface area (Å²) in [6.45, 7) is 3.52. The van der Waals surface area contributed by atoms with Crippen LogP contribution in [0.2, 0.25) is 0 Å². The first kappa shape index (κ1) is 20.3.